The standard InChI is InChI=1S/C19H23N3O6/c1-4-12(2)15(18(26)28-3)20-14(23)11-22-17(25)16(24)21(19(22)27)10-13-8-6-5-7-9-13/h5-9,12,15H,4,10-11H2,1-3H3,(H,20,23)/t12-,15+/m0/s1. The number of carbonyl (C=O) groups excluding carboxylic acids is 5. The third-order valence-corrected chi connectivity index (χ3v) is 4.60. The molecule has 1 aliphatic rings. The molecule has 1 N–H and O–H groups in total. The summed E-state index contributed by atoms with van der Waals surface area (Å²) >= 11 is 0. The summed E-state index contributed by atoms with van der Waals surface area (Å²) in [7, 11) is 1.21. The summed E-state index contributed by atoms with van der Waals surface area (Å²) in [5.41, 5.74) is 0.672. The minimum absolute atomic E-state index is 0.0694. The molecule has 1 saturated heterocycles. The second-order valence-corrected chi connectivity index (χ2v) is 6.50. The third-order valence-electron chi connectivity index (χ3n) is 4.60. The van der Waals surface area contributed by atoms with Gasteiger partial charge in [0.25, 0.3) is 0 Å². The van der Waals surface area contributed by atoms with Gasteiger partial charge in [-0.05, 0) is 11.5 Å². The maximum Gasteiger partial charge on any atom is 0.335 e. The predicted octanol–water partition coefficient (Wildman–Crippen LogP) is 0.681. The largest absolute Gasteiger partial charge is 0.467 e. The number of carbonyl (C=O) groups is 5. The molecule has 1 heterocycles. The zero-order valence-electron chi connectivity index (χ0n) is 16.0. The van der Waals surface area contributed by atoms with Crippen molar-refractivity contribution in [1.82, 2.24) is 15.1 Å². The number of ether oxygens (including phenoxy) is 1. The molecule has 2 atom stereocenters. The number of hydrogen-bond donors (Lipinski definition) is 1. The number of benzene rings is 1. The summed E-state index contributed by atoms with van der Waals surface area (Å²) in [6.07, 6.45) is 0.602. The summed E-state index contributed by atoms with van der Waals surface area (Å²) < 4.78 is 4.69. The molecule has 1 aromatic rings. The number of rotatable bonds is 8. The monoisotopic (exact) mass is 389 g/mol. The highest BCUT2D eigenvalue weighted by Crippen LogP contribution is 2.16. The molecule has 0 saturated carbocycles. The molecule has 0 unspecified atom stereocenters. The van der Waals surface area contributed by atoms with E-state index >= 15 is 0 Å². The molecular formula is C19H23N3O6. The molecule has 1 aliphatic heterocycles. The fraction of sp³-hybridized carbons (Fsp3) is 0.421. The van der Waals surface area contributed by atoms with Crippen LogP contribution in [0.5, 0.6) is 0 Å². The lowest BCUT2D eigenvalue weighted by Gasteiger charge is -2.23. The molecule has 0 bridgehead atoms. The van der Waals surface area contributed by atoms with Gasteiger partial charge in [0.1, 0.15) is 12.6 Å². The van der Waals surface area contributed by atoms with Crippen LogP contribution >= 0.6 is 0 Å². The third kappa shape index (κ3) is 4.54. The Kier molecular flexibility index (Phi) is 6.86. The summed E-state index contributed by atoms with van der Waals surface area (Å²) in [5, 5.41) is 2.48. The Balaban J connectivity index is 2.07. The average molecular weight is 389 g/mol. The van der Waals surface area contributed by atoms with Crippen LogP contribution in [0.3, 0.4) is 0 Å². The first-order chi connectivity index (χ1) is 13.3. The zero-order valence-corrected chi connectivity index (χ0v) is 16.0. The maximum absolute atomic E-state index is 12.5. The molecule has 2 rings (SSSR count). The van der Waals surface area contributed by atoms with Gasteiger partial charge < -0.3 is 10.1 Å². The molecular weight excluding hydrogens is 366 g/mol. The van der Waals surface area contributed by atoms with Crippen LogP contribution in [0.25, 0.3) is 0 Å². The normalized spacial score (nSPS) is 16.2. The van der Waals surface area contributed by atoms with Gasteiger partial charge in [-0.2, -0.15) is 0 Å². The molecule has 9 nitrogen and oxygen atoms in total. The summed E-state index contributed by atoms with van der Waals surface area (Å²) in [5.74, 6) is -3.63. The fourth-order valence-electron chi connectivity index (χ4n) is 2.75. The van der Waals surface area contributed by atoms with Crippen LogP contribution in [0.4, 0.5) is 4.79 Å². The lowest BCUT2D eigenvalue weighted by Crippen LogP contribution is -2.50. The number of nitrogens with one attached hydrogen (secondary N) is 1. The molecule has 9 heteroatoms. The minimum atomic E-state index is -1.07. The highest BCUT2D eigenvalue weighted by molar-refractivity contribution is 6.44. The molecule has 1 aromatic carbocycles. The number of amides is 5. The van der Waals surface area contributed by atoms with E-state index in [2.05, 4.69) is 10.1 Å². The van der Waals surface area contributed by atoms with E-state index in [1.54, 1.807) is 37.3 Å². The van der Waals surface area contributed by atoms with E-state index < -0.39 is 42.3 Å². The van der Waals surface area contributed by atoms with Gasteiger partial charge in [-0.25, -0.2) is 14.5 Å². The molecule has 1 fully saturated rings. The SMILES string of the molecule is CC[C@H](C)[C@@H](NC(=O)CN1C(=O)C(=O)N(Cc2ccccc2)C1=O)C(=O)OC. The van der Waals surface area contributed by atoms with E-state index in [0.717, 1.165) is 4.90 Å². The highest BCUT2D eigenvalue weighted by atomic mass is 16.5. The Morgan fingerprint density at radius 3 is 2.25 bits per heavy atom. The van der Waals surface area contributed by atoms with Crippen LogP contribution in [-0.4, -0.2) is 59.2 Å². The van der Waals surface area contributed by atoms with Crippen LogP contribution in [0, 0.1) is 5.92 Å². The van der Waals surface area contributed by atoms with Gasteiger partial charge in [-0.3, -0.25) is 19.3 Å². The van der Waals surface area contributed by atoms with Crippen LogP contribution in [-0.2, 0) is 30.5 Å². The van der Waals surface area contributed by atoms with Crippen molar-refractivity contribution in [2.45, 2.75) is 32.9 Å². The summed E-state index contributed by atoms with van der Waals surface area (Å²) in [6, 6.07) is 6.93. The van der Waals surface area contributed by atoms with Crippen molar-refractivity contribution < 1.29 is 28.7 Å². The minimum Gasteiger partial charge on any atom is -0.467 e. The van der Waals surface area contributed by atoms with E-state index in [9.17, 15) is 24.0 Å². The first-order valence-corrected chi connectivity index (χ1v) is 8.88. The van der Waals surface area contributed by atoms with E-state index in [4.69, 9.17) is 0 Å². The van der Waals surface area contributed by atoms with E-state index in [1.807, 2.05) is 6.92 Å². The second kappa shape index (κ2) is 9.12. The van der Waals surface area contributed by atoms with Gasteiger partial charge >= 0.3 is 23.8 Å². The topological polar surface area (TPSA) is 113 Å². The summed E-state index contributed by atoms with van der Waals surface area (Å²) in [6.45, 7) is 2.89. The van der Waals surface area contributed by atoms with Crippen molar-refractivity contribution in [3.05, 3.63) is 35.9 Å². The van der Waals surface area contributed by atoms with E-state index in [0.29, 0.717) is 16.9 Å². The van der Waals surface area contributed by atoms with Gasteiger partial charge in [0.05, 0.1) is 13.7 Å². The molecule has 28 heavy (non-hydrogen) atoms. The average Bonchev–Trinajstić information content (AvgIpc) is 2.89. The quantitative estimate of drug-likeness (QED) is 0.397. The zero-order chi connectivity index (χ0) is 20.8. The molecule has 0 radical (unpaired) electrons. The number of imide groups is 2. The first-order valence-electron chi connectivity index (χ1n) is 8.88. The number of urea groups is 1. The Labute approximate surface area is 162 Å². The maximum atomic E-state index is 12.5. The number of methoxy groups -OCH3 is 1. The highest BCUT2D eigenvalue weighted by Gasteiger charge is 2.45. The van der Waals surface area contributed by atoms with Crippen molar-refractivity contribution in [2.24, 2.45) is 5.92 Å². The molecule has 150 valence electrons. The van der Waals surface area contributed by atoms with Gasteiger partial charge in [-0.1, -0.05) is 50.6 Å². The van der Waals surface area contributed by atoms with Gasteiger partial charge in [0, 0.05) is 0 Å². The molecule has 0 spiro atoms. The lowest BCUT2D eigenvalue weighted by molar-refractivity contribution is -0.147. The Morgan fingerprint density at radius 2 is 1.68 bits per heavy atom. The van der Waals surface area contributed by atoms with Crippen LogP contribution in [0.15, 0.2) is 30.3 Å². The lowest BCUT2D eigenvalue weighted by atomic mass is 9.99. The first kappa shape index (κ1) is 21.1. The Morgan fingerprint density at radius 1 is 1.07 bits per heavy atom. The predicted molar refractivity (Wildman–Crippen MR) is 97.5 cm³/mol. The van der Waals surface area contributed by atoms with E-state index in [1.165, 1.54) is 7.11 Å². The molecule has 5 amide bonds. The second-order valence-electron chi connectivity index (χ2n) is 6.50. The van der Waals surface area contributed by atoms with Crippen molar-refractivity contribution in [3.8, 4) is 0 Å². The number of hydrogen-bond acceptors (Lipinski definition) is 6. The van der Waals surface area contributed by atoms with Gasteiger partial charge in [-0.15, -0.1) is 0 Å². The molecule has 0 aliphatic carbocycles. The molecule has 0 aromatic heterocycles. The smallest absolute Gasteiger partial charge is 0.335 e. The Hall–Kier alpha value is -3.23. The van der Waals surface area contributed by atoms with Crippen LogP contribution in [0.2, 0.25) is 0 Å². The van der Waals surface area contributed by atoms with Gasteiger partial charge in [0.15, 0.2) is 0 Å². The van der Waals surface area contributed by atoms with Crippen molar-refractivity contribution in [2.75, 3.05) is 13.7 Å². The number of esters is 1. The van der Waals surface area contributed by atoms with Crippen molar-refractivity contribution in [1.29, 1.82) is 0 Å². The van der Waals surface area contributed by atoms with Crippen LogP contribution in [0.1, 0.15) is 25.8 Å². The van der Waals surface area contributed by atoms with E-state index in [-0.39, 0.29) is 12.5 Å². The van der Waals surface area contributed by atoms with Crippen LogP contribution < -0.4 is 5.32 Å². The Bertz CT molecular complexity index is 779. The fourth-order valence-corrected chi connectivity index (χ4v) is 2.75. The van der Waals surface area contributed by atoms with Gasteiger partial charge in [0.2, 0.25) is 5.91 Å². The van der Waals surface area contributed by atoms with Crippen molar-refractivity contribution in [3.63, 3.8) is 0 Å². The number of nitrogens with zero attached hydrogens (tertiary/aromatic N) is 2. The van der Waals surface area contributed by atoms with Crippen molar-refractivity contribution >= 4 is 29.7 Å². The summed E-state index contributed by atoms with van der Waals surface area (Å²) in [4.78, 5) is 62.3.